The molecule has 0 bridgehead atoms. The van der Waals surface area contributed by atoms with Crippen LogP contribution in [0.25, 0.3) is 93.2 Å². The first-order chi connectivity index (χ1) is 29.6. The largest absolute Gasteiger partial charge is 0.456 e. The van der Waals surface area contributed by atoms with Crippen LogP contribution < -0.4 is 0 Å². The lowest BCUT2D eigenvalue weighted by Gasteiger charge is -2.10. The van der Waals surface area contributed by atoms with E-state index in [1.807, 2.05) is 12.1 Å². The standard InChI is InChI=1S/C47H31NO.C11H10/c1-2-11-34-27-32(19-20-33(34)10-1)25-31-9-7-12-35(26-31)36-13-8-14-37(28-36)38-21-23-45-42(29-38)40-15-3-5-17-44(40)48(45)39-22-24-47-43(30-39)41-16-4-6-18-46(41)49-47;1-9-6-7-10-4-2-3-5-11(10)8-9/h1-24,26-30H,25H2;2-8H,1H3. The molecule has 0 aliphatic carbocycles. The molecule has 0 unspecified atom stereocenters. The van der Waals surface area contributed by atoms with Gasteiger partial charge in [-0.25, -0.2) is 0 Å². The summed E-state index contributed by atoms with van der Waals surface area (Å²) < 4.78 is 8.53. The van der Waals surface area contributed by atoms with Crippen molar-refractivity contribution >= 4 is 65.3 Å². The maximum atomic E-state index is 6.14. The van der Waals surface area contributed by atoms with Crippen molar-refractivity contribution in [3.05, 3.63) is 235 Å². The van der Waals surface area contributed by atoms with Gasteiger partial charge >= 0.3 is 0 Å². The van der Waals surface area contributed by atoms with Gasteiger partial charge in [0.15, 0.2) is 0 Å². The van der Waals surface area contributed by atoms with Crippen molar-refractivity contribution in [3.8, 4) is 27.9 Å². The molecule has 0 atom stereocenters. The maximum absolute atomic E-state index is 6.14. The fraction of sp³-hybridized carbons (Fsp3) is 0.0345. The first-order valence-corrected chi connectivity index (χ1v) is 20.7. The molecule has 0 aliphatic rings. The lowest BCUT2D eigenvalue weighted by atomic mass is 9.95. The Morgan fingerprint density at radius 3 is 1.77 bits per heavy atom. The zero-order chi connectivity index (χ0) is 40.0. The minimum Gasteiger partial charge on any atom is -0.456 e. The summed E-state index contributed by atoms with van der Waals surface area (Å²) in [5.74, 6) is 0. The highest BCUT2D eigenvalue weighted by atomic mass is 16.3. The first-order valence-electron chi connectivity index (χ1n) is 20.7. The van der Waals surface area contributed by atoms with Crippen molar-refractivity contribution in [1.82, 2.24) is 4.57 Å². The molecule has 0 saturated carbocycles. The molecule has 0 aliphatic heterocycles. The van der Waals surface area contributed by atoms with Crippen LogP contribution in [0, 0.1) is 6.92 Å². The van der Waals surface area contributed by atoms with E-state index in [1.54, 1.807) is 0 Å². The normalized spacial score (nSPS) is 11.5. The van der Waals surface area contributed by atoms with Crippen molar-refractivity contribution in [2.75, 3.05) is 0 Å². The van der Waals surface area contributed by atoms with Gasteiger partial charge in [0.1, 0.15) is 11.2 Å². The molecule has 2 aromatic heterocycles. The van der Waals surface area contributed by atoms with Crippen LogP contribution in [0.1, 0.15) is 16.7 Å². The first kappa shape index (κ1) is 35.5. The summed E-state index contributed by atoms with van der Waals surface area (Å²) in [6.45, 7) is 2.12. The van der Waals surface area contributed by atoms with Gasteiger partial charge < -0.3 is 8.98 Å². The average Bonchev–Trinajstić information content (AvgIpc) is 3.84. The molecule has 0 saturated heterocycles. The molecule has 0 N–H and O–H groups in total. The molecule has 12 aromatic rings. The quantitative estimate of drug-likeness (QED) is 0.171. The summed E-state index contributed by atoms with van der Waals surface area (Å²) in [6.07, 6.45) is 0.906. The Morgan fingerprint density at radius 2 is 0.950 bits per heavy atom. The molecular weight excluding hydrogens is 727 g/mol. The average molecular weight is 768 g/mol. The lowest BCUT2D eigenvalue weighted by molar-refractivity contribution is 0.669. The van der Waals surface area contributed by atoms with Gasteiger partial charge in [-0.1, -0.05) is 175 Å². The number of rotatable bonds is 5. The summed E-state index contributed by atoms with van der Waals surface area (Å²) in [5.41, 5.74) is 14.2. The molecular formula is C58H41NO. The van der Waals surface area contributed by atoms with E-state index in [2.05, 4.69) is 218 Å². The third-order valence-corrected chi connectivity index (χ3v) is 11.9. The number of hydrogen-bond donors (Lipinski definition) is 0. The molecule has 10 aromatic carbocycles. The van der Waals surface area contributed by atoms with E-state index >= 15 is 0 Å². The van der Waals surface area contributed by atoms with Crippen molar-refractivity contribution in [1.29, 1.82) is 0 Å². The maximum Gasteiger partial charge on any atom is 0.135 e. The zero-order valence-electron chi connectivity index (χ0n) is 33.3. The van der Waals surface area contributed by atoms with E-state index in [0.717, 1.165) is 34.0 Å². The van der Waals surface area contributed by atoms with Gasteiger partial charge in [0.2, 0.25) is 0 Å². The van der Waals surface area contributed by atoms with Crippen LogP contribution >= 0.6 is 0 Å². The fourth-order valence-electron chi connectivity index (χ4n) is 8.92. The van der Waals surface area contributed by atoms with E-state index in [4.69, 9.17) is 4.42 Å². The summed E-state index contributed by atoms with van der Waals surface area (Å²) in [6, 6.07) is 78.6. The number of aryl methyl sites for hydroxylation is 1. The van der Waals surface area contributed by atoms with Crippen molar-refractivity contribution in [3.63, 3.8) is 0 Å². The number of furan rings is 1. The number of fused-ring (bicyclic) bond motifs is 8. The molecule has 0 spiro atoms. The van der Waals surface area contributed by atoms with Gasteiger partial charge in [0.05, 0.1) is 11.0 Å². The molecule has 12 rings (SSSR count). The van der Waals surface area contributed by atoms with Crippen LogP contribution in [0.2, 0.25) is 0 Å². The zero-order valence-corrected chi connectivity index (χ0v) is 33.3. The third-order valence-electron chi connectivity index (χ3n) is 11.9. The Morgan fingerprint density at radius 1 is 0.350 bits per heavy atom. The Kier molecular flexibility index (Phi) is 8.82. The van der Waals surface area contributed by atoms with Crippen molar-refractivity contribution in [2.45, 2.75) is 13.3 Å². The third kappa shape index (κ3) is 6.59. The van der Waals surface area contributed by atoms with Crippen molar-refractivity contribution < 1.29 is 4.42 Å². The van der Waals surface area contributed by atoms with Crippen LogP contribution in [0.15, 0.2) is 223 Å². The predicted molar refractivity (Wildman–Crippen MR) is 254 cm³/mol. The van der Waals surface area contributed by atoms with E-state index in [0.29, 0.717) is 0 Å². The number of aromatic nitrogens is 1. The van der Waals surface area contributed by atoms with Crippen LogP contribution in [-0.2, 0) is 6.42 Å². The Hall–Kier alpha value is -7.68. The molecule has 60 heavy (non-hydrogen) atoms. The highest BCUT2D eigenvalue weighted by Crippen LogP contribution is 2.38. The molecule has 0 amide bonds. The SMILES string of the molecule is Cc1ccc2ccccc2c1.c1cc(Cc2ccc3ccccc3c2)cc(-c2cccc(-c3ccc4c(c3)c3ccccc3n4-c3ccc4oc5ccccc5c4c3)c2)c1. The monoisotopic (exact) mass is 767 g/mol. The molecule has 0 fully saturated rings. The van der Waals surface area contributed by atoms with Gasteiger partial charge in [-0.2, -0.15) is 0 Å². The molecule has 2 nitrogen and oxygen atoms in total. The van der Waals surface area contributed by atoms with Crippen LogP contribution in [-0.4, -0.2) is 4.57 Å². The Balaban J connectivity index is 0.000000322. The lowest BCUT2D eigenvalue weighted by Crippen LogP contribution is -1.93. The number of benzene rings is 10. The molecule has 0 radical (unpaired) electrons. The second-order valence-corrected chi connectivity index (χ2v) is 15.9. The van der Waals surface area contributed by atoms with Crippen LogP contribution in [0.5, 0.6) is 0 Å². The number of para-hydroxylation sites is 2. The van der Waals surface area contributed by atoms with Gasteiger partial charge in [0.25, 0.3) is 0 Å². The second kappa shape index (κ2) is 14.9. The Bertz CT molecular complexity index is 3550. The Labute approximate surface area is 349 Å². The highest BCUT2D eigenvalue weighted by Gasteiger charge is 2.15. The van der Waals surface area contributed by atoms with Gasteiger partial charge in [-0.05, 0) is 117 Å². The van der Waals surface area contributed by atoms with Crippen LogP contribution in [0.3, 0.4) is 0 Å². The van der Waals surface area contributed by atoms with Crippen molar-refractivity contribution in [2.24, 2.45) is 0 Å². The molecule has 2 heteroatoms. The summed E-state index contributed by atoms with van der Waals surface area (Å²) in [7, 11) is 0. The molecule has 284 valence electrons. The van der Waals surface area contributed by atoms with E-state index in [1.165, 1.54) is 82.3 Å². The van der Waals surface area contributed by atoms with Gasteiger partial charge in [-0.3, -0.25) is 0 Å². The fourth-order valence-corrected chi connectivity index (χ4v) is 8.92. The van der Waals surface area contributed by atoms with E-state index in [9.17, 15) is 0 Å². The molecule has 2 heterocycles. The summed E-state index contributed by atoms with van der Waals surface area (Å²) in [5, 5.41) is 9.98. The minimum absolute atomic E-state index is 0.906. The minimum atomic E-state index is 0.906. The topological polar surface area (TPSA) is 18.1 Å². The van der Waals surface area contributed by atoms with E-state index in [-0.39, 0.29) is 0 Å². The predicted octanol–water partition coefficient (Wildman–Crippen LogP) is 15.9. The van der Waals surface area contributed by atoms with Crippen LogP contribution in [0.4, 0.5) is 0 Å². The van der Waals surface area contributed by atoms with E-state index < -0.39 is 0 Å². The number of hydrogen-bond acceptors (Lipinski definition) is 1. The number of nitrogens with zero attached hydrogens (tertiary/aromatic N) is 1. The summed E-state index contributed by atoms with van der Waals surface area (Å²) >= 11 is 0. The van der Waals surface area contributed by atoms with Gasteiger partial charge in [0, 0.05) is 27.2 Å². The second-order valence-electron chi connectivity index (χ2n) is 15.9. The summed E-state index contributed by atoms with van der Waals surface area (Å²) in [4.78, 5) is 0. The smallest absolute Gasteiger partial charge is 0.135 e. The van der Waals surface area contributed by atoms with Gasteiger partial charge in [-0.15, -0.1) is 0 Å². The highest BCUT2D eigenvalue weighted by molar-refractivity contribution is 6.11.